The second kappa shape index (κ2) is 6.78. The summed E-state index contributed by atoms with van der Waals surface area (Å²) in [5.41, 5.74) is 1.30. The van der Waals surface area contributed by atoms with Gasteiger partial charge in [-0.15, -0.1) is 5.10 Å². The van der Waals surface area contributed by atoms with Crippen LogP contribution in [0.15, 0.2) is 4.60 Å². The molecule has 0 amide bonds. The van der Waals surface area contributed by atoms with E-state index in [0.717, 1.165) is 29.0 Å². The maximum Gasteiger partial charge on any atom is 0.151 e. The smallest absolute Gasteiger partial charge is 0.151 e. The third kappa shape index (κ3) is 3.67. The Morgan fingerprint density at radius 3 is 2.71 bits per heavy atom. The topological polar surface area (TPSA) is 42.7 Å². The van der Waals surface area contributed by atoms with Crippen molar-refractivity contribution >= 4 is 15.9 Å². The van der Waals surface area contributed by atoms with Crippen LogP contribution in [0.4, 0.5) is 0 Å². The van der Waals surface area contributed by atoms with Crippen LogP contribution in [-0.4, -0.2) is 27.6 Å². The number of nitrogens with zero attached hydrogens (tertiary/aromatic N) is 3. The molecule has 5 heteroatoms. The third-order valence-corrected chi connectivity index (χ3v) is 5.79. The average Bonchev–Trinajstić information content (AvgIpc) is 3.23. The fraction of sp³-hybridized carbons (Fsp3) is 0.875. The summed E-state index contributed by atoms with van der Waals surface area (Å²) >= 11 is 3.62. The molecule has 0 spiro atoms. The maximum absolute atomic E-state index is 4.21. The Morgan fingerprint density at radius 1 is 1.29 bits per heavy atom. The molecule has 0 aliphatic heterocycles. The quantitative estimate of drug-likeness (QED) is 0.847. The fourth-order valence-electron chi connectivity index (χ4n) is 3.91. The minimum Gasteiger partial charge on any atom is -0.314 e. The van der Waals surface area contributed by atoms with Crippen LogP contribution < -0.4 is 5.32 Å². The monoisotopic (exact) mass is 354 g/mol. The third-order valence-electron chi connectivity index (χ3n) is 5.22. The number of nitrogens with one attached hydrogen (secondary N) is 1. The van der Waals surface area contributed by atoms with Crippen molar-refractivity contribution < 1.29 is 0 Å². The Bertz CT molecular complexity index is 449. The van der Waals surface area contributed by atoms with E-state index in [2.05, 4.69) is 38.5 Å². The van der Waals surface area contributed by atoms with Gasteiger partial charge in [-0.2, -0.15) is 0 Å². The van der Waals surface area contributed by atoms with Gasteiger partial charge in [-0.05, 0) is 60.0 Å². The first-order valence-corrected chi connectivity index (χ1v) is 9.26. The van der Waals surface area contributed by atoms with Crippen LogP contribution >= 0.6 is 15.9 Å². The van der Waals surface area contributed by atoms with Gasteiger partial charge in [0.1, 0.15) is 0 Å². The van der Waals surface area contributed by atoms with Crippen molar-refractivity contribution in [3.05, 3.63) is 10.3 Å². The molecule has 0 radical (unpaired) electrons. The normalized spacial score (nSPS) is 29.8. The molecule has 21 heavy (non-hydrogen) atoms. The zero-order valence-corrected chi connectivity index (χ0v) is 14.8. The van der Waals surface area contributed by atoms with E-state index in [1.165, 1.54) is 50.6 Å². The van der Waals surface area contributed by atoms with E-state index in [9.17, 15) is 0 Å². The van der Waals surface area contributed by atoms with Crippen molar-refractivity contribution in [1.29, 1.82) is 0 Å². The fourth-order valence-corrected chi connectivity index (χ4v) is 4.53. The Kier molecular flexibility index (Phi) is 4.99. The van der Waals surface area contributed by atoms with Gasteiger partial charge in [0, 0.05) is 19.0 Å². The molecular weight excluding hydrogens is 328 g/mol. The van der Waals surface area contributed by atoms with E-state index >= 15 is 0 Å². The molecule has 0 aromatic carbocycles. The van der Waals surface area contributed by atoms with E-state index in [0.29, 0.717) is 5.92 Å². The standard InChI is InChI=1S/C16H27BrN4/c1-3-4-11-5-6-12(10-18-13-7-8-13)14(9-11)15-16(17)19-20-21(15)2/h11-14,18H,3-10H2,1-2H3. The first-order chi connectivity index (χ1) is 10.2. The van der Waals surface area contributed by atoms with E-state index in [4.69, 9.17) is 0 Å². The molecule has 2 aliphatic rings. The van der Waals surface area contributed by atoms with Crippen LogP contribution in [0.25, 0.3) is 0 Å². The highest BCUT2D eigenvalue weighted by atomic mass is 79.9. The van der Waals surface area contributed by atoms with Gasteiger partial charge in [0.2, 0.25) is 0 Å². The van der Waals surface area contributed by atoms with Crippen molar-refractivity contribution in [1.82, 2.24) is 20.3 Å². The Balaban J connectivity index is 1.74. The molecule has 3 atom stereocenters. The summed E-state index contributed by atoms with van der Waals surface area (Å²) in [6.07, 6.45) is 9.43. The molecular formula is C16H27BrN4. The van der Waals surface area contributed by atoms with Gasteiger partial charge in [0.05, 0.1) is 5.69 Å². The predicted octanol–water partition coefficient (Wildman–Crippen LogP) is 3.63. The number of aryl methyl sites for hydroxylation is 1. The van der Waals surface area contributed by atoms with Crippen molar-refractivity contribution in [2.75, 3.05) is 6.54 Å². The van der Waals surface area contributed by atoms with Crippen molar-refractivity contribution in [3.8, 4) is 0 Å². The molecule has 0 saturated heterocycles. The minimum absolute atomic E-state index is 0.593. The largest absolute Gasteiger partial charge is 0.314 e. The molecule has 3 unspecified atom stereocenters. The highest BCUT2D eigenvalue weighted by Gasteiger charge is 2.35. The van der Waals surface area contributed by atoms with Crippen LogP contribution in [-0.2, 0) is 7.05 Å². The summed E-state index contributed by atoms with van der Waals surface area (Å²) < 4.78 is 2.93. The predicted molar refractivity (Wildman–Crippen MR) is 88.2 cm³/mol. The van der Waals surface area contributed by atoms with Gasteiger partial charge >= 0.3 is 0 Å². The van der Waals surface area contributed by atoms with Crippen LogP contribution in [0.5, 0.6) is 0 Å². The van der Waals surface area contributed by atoms with Gasteiger partial charge < -0.3 is 5.32 Å². The zero-order valence-electron chi connectivity index (χ0n) is 13.2. The lowest BCUT2D eigenvalue weighted by atomic mass is 9.71. The average molecular weight is 355 g/mol. The highest BCUT2D eigenvalue weighted by Crippen LogP contribution is 2.43. The first-order valence-electron chi connectivity index (χ1n) is 8.47. The molecule has 1 aromatic heterocycles. The summed E-state index contributed by atoms with van der Waals surface area (Å²) in [4.78, 5) is 0. The molecule has 4 nitrogen and oxygen atoms in total. The van der Waals surface area contributed by atoms with Crippen LogP contribution in [0.3, 0.4) is 0 Å². The molecule has 0 bridgehead atoms. The summed E-state index contributed by atoms with van der Waals surface area (Å²) in [5, 5.41) is 12.2. The van der Waals surface area contributed by atoms with Gasteiger partial charge in [-0.25, -0.2) is 0 Å². The second-order valence-corrected chi connectivity index (χ2v) is 7.66. The lowest BCUT2D eigenvalue weighted by Crippen LogP contribution is -2.34. The lowest BCUT2D eigenvalue weighted by molar-refractivity contribution is 0.213. The highest BCUT2D eigenvalue weighted by molar-refractivity contribution is 9.10. The number of aromatic nitrogens is 3. The second-order valence-electron chi connectivity index (χ2n) is 6.91. The number of halogens is 1. The van der Waals surface area contributed by atoms with E-state index in [-0.39, 0.29) is 0 Å². The van der Waals surface area contributed by atoms with Crippen LogP contribution in [0.1, 0.15) is 63.5 Å². The lowest BCUT2D eigenvalue weighted by Gasteiger charge is -2.36. The molecule has 1 aromatic rings. The SMILES string of the molecule is CCCC1CCC(CNC2CC2)C(c2c(Br)nnn2C)C1. The summed E-state index contributed by atoms with van der Waals surface area (Å²) in [6.45, 7) is 3.46. The molecule has 2 fully saturated rings. The Hall–Kier alpha value is -0.420. The minimum atomic E-state index is 0.593. The zero-order chi connectivity index (χ0) is 14.8. The Labute approximate surface area is 136 Å². The molecule has 1 heterocycles. The van der Waals surface area contributed by atoms with Crippen LogP contribution in [0.2, 0.25) is 0 Å². The summed E-state index contributed by atoms with van der Waals surface area (Å²) in [5.74, 6) is 2.20. The molecule has 3 rings (SSSR count). The van der Waals surface area contributed by atoms with Crippen LogP contribution in [0, 0.1) is 11.8 Å². The molecule has 2 aliphatic carbocycles. The van der Waals surface area contributed by atoms with Gasteiger partial charge in [0.15, 0.2) is 4.60 Å². The number of rotatable bonds is 6. The van der Waals surface area contributed by atoms with Gasteiger partial charge in [-0.3, -0.25) is 4.68 Å². The number of hydrogen-bond acceptors (Lipinski definition) is 3. The van der Waals surface area contributed by atoms with Crippen molar-refractivity contribution in [3.63, 3.8) is 0 Å². The van der Waals surface area contributed by atoms with Crippen molar-refractivity contribution in [2.45, 2.75) is 63.8 Å². The summed E-state index contributed by atoms with van der Waals surface area (Å²) in [7, 11) is 2.03. The molecule has 118 valence electrons. The number of hydrogen-bond donors (Lipinski definition) is 1. The summed E-state index contributed by atoms with van der Waals surface area (Å²) in [6, 6.07) is 0.798. The maximum atomic E-state index is 4.21. The van der Waals surface area contributed by atoms with Gasteiger partial charge in [-0.1, -0.05) is 31.4 Å². The van der Waals surface area contributed by atoms with E-state index in [1.54, 1.807) is 0 Å². The van der Waals surface area contributed by atoms with Gasteiger partial charge in [0.25, 0.3) is 0 Å². The first kappa shape index (κ1) is 15.5. The van der Waals surface area contributed by atoms with E-state index < -0.39 is 0 Å². The molecule has 1 N–H and O–H groups in total. The van der Waals surface area contributed by atoms with Crippen molar-refractivity contribution in [2.24, 2.45) is 18.9 Å². The van der Waals surface area contributed by atoms with E-state index in [1.807, 2.05) is 11.7 Å². The Morgan fingerprint density at radius 2 is 2.10 bits per heavy atom. The molecule has 2 saturated carbocycles.